The molecule has 0 heterocycles. The van der Waals surface area contributed by atoms with Crippen LogP contribution in [0.25, 0.3) is 0 Å². The monoisotopic (exact) mass is 358 g/mol. The molecule has 1 aromatic rings. The summed E-state index contributed by atoms with van der Waals surface area (Å²) in [5.41, 5.74) is 5.92. The van der Waals surface area contributed by atoms with Crippen molar-refractivity contribution in [2.75, 3.05) is 27.4 Å². The van der Waals surface area contributed by atoms with Crippen molar-refractivity contribution < 1.29 is 19.0 Å². The molecule has 0 saturated heterocycles. The van der Waals surface area contributed by atoms with Gasteiger partial charge in [0.05, 0.1) is 20.8 Å². The minimum atomic E-state index is 0. The number of amides is 1. The number of ether oxygens (including phenoxy) is 3. The van der Waals surface area contributed by atoms with E-state index in [9.17, 15) is 4.79 Å². The van der Waals surface area contributed by atoms with Gasteiger partial charge in [-0.15, -0.1) is 12.4 Å². The summed E-state index contributed by atoms with van der Waals surface area (Å²) in [5, 5.41) is 2.92. The topological polar surface area (TPSA) is 82.8 Å². The van der Waals surface area contributed by atoms with Crippen LogP contribution in [-0.4, -0.2) is 39.3 Å². The molecule has 0 spiro atoms. The second-order valence-corrected chi connectivity index (χ2v) is 5.81. The van der Waals surface area contributed by atoms with Crippen molar-refractivity contribution in [3.05, 3.63) is 18.2 Å². The largest absolute Gasteiger partial charge is 0.496 e. The van der Waals surface area contributed by atoms with Gasteiger partial charge in [-0.1, -0.05) is 6.42 Å². The van der Waals surface area contributed by atoms with Crippen LogP contribution < -0.4 is 25.3 Å². The zero-order chi connectivity index (χ0) is 16.7. The number of halogens is 1. The van der Waals surface area contributed by atoms with E-state index in [0.717, 1.165) is 25.7 Å². The van der Waals surface area contributed by atoms with Crippen molar-refractivity contribution >= 4 is 18.3 Å². The van der Waals surface area contributed by atoms with Crippen LogP contribution in [0, 0.1) is 5.92 Å². The minimum absolute atomic E-state index is 0. The van der Waals surface area contributed by atoms with Crippen LogP contribution in [0.3, 0.4) is 0 Å². The highest BCUT2D eigenvalue weighted by molar-refractivity contribution is 5.85. The van der Waals surface area contributed by atoms with Gasteiger partial charge >= 0.3 is 0 Å². The third kappa shape index (κ3) is 6.09. The van der Waals surface area contributed by atoms with Crippen LogP contribution in [0.5, 0.6) is 17.2 Å². The Morgan fingerprint density at radius 3 is 2.38 bits per heavy atom. The van der Waals surface area contributed by atoms with Crippen molar-refractivity contribution in [3.8, 4) is 17.2 Å². The molecule has 1 aliphatic rings. The molecule has 136 valence electrons. The second kappa shape index (κ2) is 10.3. The summed E-state index contributed by atoms with van der Waals surface area (Å²) in [6, 6.07) is 5.50. The van der Waals surface area contributed by atoms with Crippen molar-refractivity contribution in [1.29, 1.82) is 0 Å². The summed E-state index contributed by atoms with van der Waals surface area (Å²) in [7, 11) is 3.18. The molecule has 0 aliphatic heterocycles. The van der Waals surface area contributed by atoms with Crippen LogP contribution in [0.4, 0.5) is 0 Å². The summed E-state index contributed by atoms with van der Waals surface area (Å²) < 4.78 is 16.0. The van der Waals surface area contributed by atoms with E-state index in [4.69, 9.17) is 19.9 Å². The van der Waals surface area contributed by atoms with Gasteiger partial charge in [0.15, 0.2) is 0 Å². The molecule has 7 heteroatoms. The zero-order valence-electron chi connectivity index (χ0n) is 14.2. The summed E-state index contributed by atoms with van der Waals surface area (Å²) >= 11 is 0. The molecular weight excluding hydrogens is 332 g/mol. The molecule has 1 fully saturated rings. The van der Waals surface area contributed by atoms with Crippen LogP contribution in [-0.2, 0) is 4.79 Å². The maximum Gasteiger partial charge on any atom is 0.223 e. The highest BCUT2D eigenvalue weighted by Crippen LogP contribution is 2.27. The van der Waals surface area contributed by atoms with Gasteiger partial charge in [0.25, 0.3) is 0 Å². The van der Waals surface area contributed by atoms with Gasteiger partial charge in [0, 0.05) is 30.2 Å². The molecule has 3 N–H and O–H groups in total. The number of nitrogens with two attached hydrogens (primary N) is 1. The summed E-state index contributed by atoms with van der Waals surface area (Å²) in [4.78, 5) is 12.1. The van der Waals surface area contributed by atoms with Gasteiger partial charge in [0.1, 0.15) is 23.9 Å². The van der Waals surface area contributed by atoms with Crippen LogP contribution >= 0.6 is 12.4 Å². The first-order valence-corrected chi connectivity index (χ1v) is 8.01. The third-order valence-electron chi connectivity index (χ3n) is 4.08. The molecule has 0 bridgehead atoms. The fraction of sp³-hybridized carbons (Fsp3) is 0.588. The number of rotatable bonds is 7. The van der Waals surface area contributed by atoms with E-state index < -0.39 is 0 Å². The van der Waals surface area contributed by atoms with Gasteiger partial charge in [-0.2, -0.15) is 0 Å². The van der Waals surface area contributed by atoms with E-state index in [2.05, 4.69) is 5.32 Å². The average Bonchev–Trinajstić information content (AvgIpc) is 2.58. The van der Waals surface area contributed by atoms with Gasteiger partial charge in [-0.3, -0.25) is 4.79 Å². The Balaban J connectivity index is 0.00000288. The van der Waals surface area contributed by atoms with E-state index in [1.54, 1.807) is 32.4 Å². The Kier molecular flexibility index (Phi) is 8.71. The number of hydrogen-bond donors (Lipinski definition) is 2. The maximum absolute atomic E-state index is 12.1. The third-order valence-corrected chi connectivity index (χ3v) is 4.08. The number of carbonyl (C=O) groups excluding carboxylic acids is 1. The molecular formula is C17H27ClN2O4. The highest BCUT2D eigenvalue weighted by Gasteiger charge is 2.24. The van der Waals surface area contributed by atoms with Gasteiger partial charge in [-0.05, 0) is 19.3 Å². The van der Waals surface area contributed by atoms with Crippen molar-refractivity contribution in [1.82, 2.24) is 5.32 Å². The number of carbonyl (C=O) groups is 1. The molecule has 2 atom stereocenters. The standard InChI is InChI=1S/C17H26N2O4.ClH/c1-21-14-9-15(22-2)11-16(10-14)23-7-6-19-17(20)12-4-3-5-13(18)8-12;/h9-13H,3-8,18H2,1-2H3,(H,19,20);1H. The molecule has 1 aliphatic carbocycles. The molecule has 1 aromatic carbocycles. The Labute approximate surface area is 149 Å². The molecule has 1 saturated carbocycles. The second-order valence-electron chi connectivity index (χ2n) is 5.81. The number of methoxy groups -OCH3 is 2. The first-order chi connectivity index (χ1) is 11.1. The normalized spacial score (nSPS) is 19.8. The van der Waals surface area contributed by atoms with Crippen LogP contribution in [0.1, 0.15) is 25.7 Å². The Bertz CT molecular complexity index is 505. The van der Waals surface area contributed by atoms with Crippen molar-refractivity contribution in [2.45, 2.75) is 31.7 Å². The number of hydrogen-bond acceptors (Lipinski definition) is 5. The predicted molar refractivity (Wildman–Crippen MR) is 95.2 cm³/mol. The lowest BCUT2D eigenvalue weighted by Crippen LogP contribution is -2.39. The average molecular weight is 359 g/mol. The number of nitrogens with one attached hydrogen (secondary N) is 1. The van der Waals surface area contributed by atoms with E-state index in [0.29, 0.717) is 30.4 Å². The number of benzene rings is 1. The fourth-order valence-corrected chi connectivity index (χ4v) is 2.82. The Morgan fingerprint density at radius 2 is 1.79 bits per heavy atom. The summed E-state index contributed by atoms with van der Waals surface area (Å²) in [6.07, 6.45) is 3.75. The maximum atomic E-state index is 12.1. The van der Waals surface area contributed by atoms with Crippen molar-refractivity contribution in [2.24, 2.45) is 11.7 Å². The van der Waals surface area contributed by atoms with Crippen LogP contribution in [0.2, 0.25) is 0 Å². The summed E-state index contributed by atoms with van der Waals surface area (Å²) in [5.74, 6) is 2.09. The zero-order valence-corrected chi connectivity index (χ0v) is 15.1. The van der Waals surface area contributed by atoms with E-state index >= 15 is 0 Å². The molecule has 2 unspecified atom stereocenters. The fourth-order valence-electron chi connectivity index (χ4n) is 2.82. The molecule has 24 heavy (non-hydrogen) atoms. The SMILES string of the molecule is COc1cc(OC)cc(OCCNC(=O)C2CCCC(N)C2)c1.Cl. The highest BCUT2D eigenvalue weighted by atomic mass is 35.5. The van der Waals surface area contributed by atoms with Crippen LogP contribution in [0.15, 0.2) is 18.2 Å². The van der Waals surface area contributed by atoms with E-state index in [-0.39, 0.29) is 30.3 Å². The minimum Gasteiger partial charge on any atom is -0.496 e. The Hall–Kier alpha value is -1.66. The van der Waals surface area contributed by atoms with Gasteiger partial charge in [-0.25, -0.2) is 0 Å². The van der Waals surface area contributed by atoms with Gasteiger partial charge in [0.2, 0.25) is 5.91 Å². The molecule has 2 rings (SSSR count). The molecule has 0 aromatic heterocycles. The van der Waals surface area contributed by atoms with E-state index in [1.165, 1.54) is 0 Å². The lowest BCUT2D eigenvalue weighted by molar-refractivity contribution is -0.126. The van der Waals surface area contributed by atoms with E-state index in [1.807, 2.05) is 0 Å². The molecule has 1 amide bonds. The molecule has 6 nitrogen and oxygen atoms in total. The summed E-state index contributed by atoms with van der Waals surface area (Å²) in [6.45, 7) is 0.852. The first-order valence-electron chi connectivity index (χ1n) is 8.01. The lowest BCUT2D eigenvalue weighted by Gasteiger charge is -2.25. The quantitative estimate of drug-likeness (QED) is 0.730. The Morgan fingerprint density at radius 1 is 1.17 bits per heavy atom. The van der Waals surface area contributed by atoms with Gasteiger partial charge < -0.3 is 25.3 Å². The first kappa shape index (κ1) is 20.4. The molecule has 0 radical (unpaired) electrons. The van der Waals surface area contributed by atoms with Crippen molar-refractivity contribution in [3.63, 3.8) is 0 Å². The smallest absolute Gasteiger partial charge is 0.223 e. The predicted octanol–water partition coefficient (Wildman–Crippen LogP) is 2.14. The lowest BCUT2D eigenvalue weighted by atomic mass is 9.85.